The topological polar surface area (TPSA) is 55.6 Å². The highest BCUT2D eigenvalue weighted by molar-refractivity contribution is 5.85. The number of unbranched alkanes of at least 4 members (excludes halogenated alkanes) is 1. The quantitative estimate of drug-likeness (QED) is 0.759. The Morgan fingerprint density at radius 3 is 2.88 bits per heavy atom. The zero-order chi connectivity index (χ0) is 16.7. The van der Waals surface area contributed by atoms with E-state index in [2.05, 4.69) is 13.0 Å². The predicted octanol–water partition coefficient (Wildman–Crippen LogP) is 3.69. The number of hydrogen-bond acceptors (Lipinski definition) is 3. The molecule has 1 aromatic rings. The maximum absolute atomic E-state index is 12.4. The number of halogens is 1. The lowest BCUT2D eigenvalue weighted by Gasteiger charge is -2.38. The third-order valence-electron chi connectivity index (χ3n) is 4.52. The summed E-state index contributed by atoms with van der Waals surface area (Å²) in [7, 11) is 0. The maximum atomic E-state index is 12.4. The summed E-state index contributed by atoms with van der Waals surface area (Å²) in [5.41, 5.74) is 7.23. The highest BCUT2D eigenvalue weighted by Crippen LogP contribution is 2.20. The van der Waals surface area contributed by atoms with Crippen molar-refractivity contribution in [2.45, 2.75) is 64.5 Å². The number of ether oxygens (including phenoxy) is 1. The van der Waals surface area contributed by atoms with E-state index in [0.717, 1.165) is 38.0 Å². The Morgan fingerprint density at radius 1 is 1.38 bits per heavy atom. The zero-order valence-corrected chi connectivity index (χ0v) is 15.7. The van der Waals surface area contributed by atoms with Crippen LogP contribution in [0.1, 0.15) is 51.0 Å². The maximum Gasteiger partial charge on any atom is 0.222 e. The minimum absolute atomic E-state index is 0. The van der Waals surface area contributed by atoms with Crippen LogP contribution in [0.25, 0.3) is 0 Å². The van der Waals surface area contributed by atoms with Crippen molar-refractivity contribution in [3.05, 3.63) is 29.8 Å². The number of benzene rings is 1. The van der Waals surface area contributed by atoms with Gasteiger partial charge in [0.15, 0.2) is 0 Å². The van der Waals surface area contributed by atoms with E-state index in [1.54, 1.807) is 0 Å². The SMILES string of the molecule is Cc1cccc(OCCCCC(=O)N2CCCCC2C(C)N)c1.Cl. The van der Waals surface area contributed by atoms with Crippen molar-refractivity contribution in [3.8, 4) is 5.75 Å². The van der Waals surface area contributed by atoms with E-state index in [4.69, 9.17) is 10.5 Å². The second kappa shape index (κ2) is 10.6. The summed E-state index contributed by atoms with van der Waals surface area (Å²) in [5, 5.41) is 0. The summed E-state index contributed by atoms with van der Waals surface area (Å²) >= 11 is 0. The van der Waals surface area contributed by atoms with Gasteiger partial charge in [-0.2, -0.15) is 0 Å². The molecule has 2 N–H and O–H groups in total. The van der Waals surface area contributed by atoms with Crippen molar-refractivity contribution in [2.24, 2.45) is 5.73 Å². The van der Waals surface area contributed by atoms with Gasteiger partial charge >= 0.3 is 0 Å². The number of carbonyl (C=O) groups is 1. The molecule has 0 aliphatic carbocycles. The van der Waals surface area contributed by atoms with Crippen molar-refractivity contribution >= 4 is 18.3 Å². The number of likely N-dealkylation sites (tertiary alicyclic amines) is 1. The lowest BCUT2D eigenvalue weighted by Crippen LogP contribution is -2.51. The molecule has 1 aliphatic rings. The van der Waals surface area contributed by atoms with Crippen LogP contribution in [0.5, 0.6) is 5.75 Å². The Morgan fingerprint density at radius 2 is 2.17 bits per heavy atom. The fourth-order valence-corrected chi connectivity index (χ4v) is 3.23. The minimum Gasteiger partial charge on any atom is -0.494 e. The molecule has 0 spiro atoms. The predicted molar refractivity (Wildman–Crippen MR) is 101 cm³/mol. The zero-order valence-electron chi connectivity index (χ0n) is 14.9. The lowest BCUT2D eigenvalue weighted by molar-refractivity contribution is -0.135. The molecule has 24 heavy (non-hydrogen) atoms. The van der Waals surface area contributed by atoms with Crippen molar-refractivity contribution in [1.82, 2.24) is 4.90 Å². The van der Waals surface area contributed by atoms with Crippen molar-refractivity contribution < 1.29 is 9.53 Å². The van der Waals surface area contributed by atoms with Gasteiger partial charge in [-0.3, -0.25) is 4.79 Å². The molecule has 1 saturated heterocycles. The second-order valence-corrected chi connectivity index (χ2v) is 6.63. The van der Waals surface area contributed by atoms with Gasteiger partial charge < -0.3 is 15.4 Å². The number of carbonyl (C=O) groups excluding carboxylic acids is 1. The van der Waals surface area contributed by atoms with E-state index in [0.29, 0.717) is 13.0 Å². The highest BCUT2D eigenvalue weighted by atomic mass is 35.5. The molecule has 0 aromatic heterocycles. The van der Waals surface area contributed by atoms with E-state index in [1.165, 1.54) is 12.0 Å². The lowest BCUT2D eigenvalue weighted by atomic mass is 9.96. The van der Waals surface area contributed by atoms with Gasteiger partial charge in [0, 0.05) is 25.0 Å². The van der Waals surface area contributed by atoms with Crippen LogP contribution < -0.4 is 10.5 Å². The van der Waals surface area contributed by atoms with Gasteiger partial charge in [-0.1, -0.05) is 12.1 Å². The Labute approximate surface area is 152 Å². The third-order valence-corrected chi connectivity index (χ3v) is 4.52. The molecule has 1 heterocycles. The molecule has 0 saturated carbocycles. The summed E-state index contributed by atoms with van der Waals surface area (Å²) in [6.45, 7) is 5.59. The molecule has 2 atom stereocenters. The van der Waals surface area contributed by atoms with Crippen LogP contribution in [0.3, 0.4) is 0 Å². The Bertz CT molecular complexity index is 508. The van der Waals surface area contributed by atoms with Gasteiger partial charge in [-0.15, -0.1) is 12.4 Å². The molecule has 1 fully saturated rings. The smallest absolute Gasteiger partial charge is 0.222 e. The average Bonchev–Trinajstić information content (AvgIpc) is 2.54. The molecule has 5 heteroatoms. The monoisotopic (exact) mass is 354 g/mol. The fourth-order valence-electron chi connectivity index (χ4n) is 3.23. The molecule has 0 bridgehead atoms. The number of aryl methyl sites for hydroxylation is 1. The number of hydrogen-bond donors (Lipinski definition) is 1. The molecule has 2 unspecified atom stereocenters. The molecule has 1 amide bonds. The standard InChI is InChI=1S/C19H30N2O2.ClH/c1-15-8-7-9-17(14-15)23-13-6-4-11-19(22)21-12-5-3-10-18(21)16(2)20;/h7-9,14,16,18H,3-6,10-13,20H2,1-2H3;1H. The molecular formula is C19H31ClN2O2. The van der Waals surface area contributed by atoms with Crippen LogP contribution in [0.4, 0.5) is 0 Å². The Hall–Kier alpha value is -1.26. The third kappa shape index (κ3) is 6.33. The molecule has 1 aromatic carbocycles. The second-order valence-electron chi connectivity index (χ2n) is 6.63. The van der Waals surface area contributed by atoms with Crippen LogP contribution >= 0.6 is 12.4 Å². The first kappa shape index (κ1) is 20.8. The van der Waals surface area contributed by atoms with E-state index in [9.17, 15) is 4.79 Å². The normalized spacial score (nSPS) is 18.6. The van der Waals surface area contributed by atoms with Crippen LogP contribution in [-0.2, 0) is 4.79 Å². The first-order chi connectivity index (χ1) is 11.1. The molecule has 0 radical (unpaired) electrons. The summed E-state index contributed by atoms with van der Waals surface area (Å²) in [5.74, 6) is 1.16. The number of rotatable bonds is 7. The van der Waals surface area contributed by atoms with Gasteiger partial charge in [0.05, 0.1) is 6.61 Å². The van der Waals surface area contributed by atoms with Gasteiger partial charge in [-0.25, -0.2) is 0 Å². The van der Waals surface area contributed by atoms with E-state index in [-0.39, 0.29) is 30.4 Å². The number of piperidine rings is 1. The molecule has 1 aliphatic heterocycles. The Balaban J connectivity index is 0.00000288. The molecule has 136 valence electrons. The van der Waals surface area contributed by atoms with Crippen molar-refractivity contribution in [3.63, 3.8) is 0 Å². The van der Waals surface area contributed by atoms with Crippen molar-refractivity contribution in [2.75, 3.05) is 13.2 Å². The molecule has 2 rings (SSSR count). The van der Waals surface area contributed by atoms with Gasteiger partial charge in [0.2, 0.25) is 5.91 Å². The summed E-state index contributed by atoms with van der Waals surface area (Å²) in [6, 6.07) is 8.34. The molecular weight excluding hydrogens is 324 g/mol. The first-order valence-electron chi connectivity index (χ1n) is 8.82. The van der Waals surface area contributed by atoms with Gasteiger partial charge in [0.1, 0.15) is 5.75 Å². The largest absolute Gasteiger partial charge is 0.494 e. The highest BCUT2D eigenvalue weighted by Gasteiger charge is 2.28. The van der Waals surface area contributed by atoms with Gasteiger partial charge in [-0.05, 0) is 63.6 Å². The van der Waals surface area contributed by atoms with E-state index < -0.39 is 0 Å². The number of nitrogens with zero attached hydrogens (tertiary/aromatic N) is 1. The van der Waals surface area contributed by atoms with Gasteiger partial charge in [0.25, 0.3) is 0 Å². The van der Waals surface area contributed by atoms with Crippen LogP contribution in [-0.4, -0.2) is 36.0 Å². The average molecular weight is 355 g/mol. The summed E-state index contributed by atoms with van der Waals surface area (Å²) in [4.78, 5) is 14.4. The first-order valence-corrected chi connectivity index (χ1v) is 8.82. The van der Waals surface area contributed by atoms with E-state index in [1.807, 2.05) is 30.0 Å². The van der Waals surface area contributed by atoms with Crippen LogP contribution in [0.15, 0.2) is 24.3 Å². The number of nitrogens with two attached hydrogens (primary N) is 1. The van der Waals surface area contributed by atoms with Crippen LogP contribution in [0, 0.1) is 6.92 Å². The Kier molecular flexibility index (Phi) is 9.16. The van der Waals surface area contributed by atoms with Crippen LogP contribution in [0.2, 0.25) is 0 Å². The summed E-state index contributed by atoms with van der Waals surface area (Å²) in [6.07, 6.45) is 5.69. The van der Waals surface area contributed by atoms with Crippen molar-refractivity contribution in [1.29, 1.82) is 0 Å². The number of amides is 1. The fraction of sp³-hybridized carbons (Fsp3) is 0.632. The van der Waals surface area contributed by atoms with E-state index >= 15 is 0 Å². The minimum atomic E-state index is 0. The summed E-state index contributed by atoms with van der Waals surface area (Å²) < 4.78 is 5.73. The molecule has 4 nitrogen and oxygen atoms in total.